The fraction of sp³-hybridized carbons (Fsp3) is 0.500. The van der Waals surface area contributed by atoms with E-state index in [-0.39, 0.29) is 6.54 Å². The van der Waals surface area contributed by atoms with Gasteiger partial charge in [0.05, 0.1) is 13.7 Å². The molecule has 1 radical (unpaired) electrons. The summed E-state index contributed by atoms with van der Waals surface area (Å²) in [4.78, 5) is 31.2. The van der Waals surface area contributed by atoms with Crippen LogP contribution in [-0.4, -0.2) is 31.7 Å². The van der Waals surface area contributed by atoms with Crippen molar-refractivity contribution in [3.63, 3.8) is 0 Å². The van der Waals surface area contributed by atoms with Gasteiger partial charge in [0.1, 0.15) is 0 Å². The Hall–Kier alpha value is -1.23. The summed E-state index contributed by atoms with van der Waals surface area (Å²) < 4.78 is 4.15. The van der Waals surface area contributed by atoms with Crippen molar-refractivity contribution in [1.82, 2.24) is 0 Å². The predicted molar refractivity (Wildman–Crippen MR) is 35.3 cm³/mol. The van der Waals surface area contributed by atoms with Gasteiger partial charge in [-0.25, -0.2) is 0 Å². The Morgan fingerprint density at radius 3 is 2.45 bits per heavy atom. The average Bonchev–Trinajstić information content (AvgIpc) is 2.05. The van der Waals surface area contributed by atoms with Crippen molar-refractivity contribution in [2.24, 2.45) is 11.7 Å². The second-order valence-electron chi connectivity index (χ2n) is 1.74. The Kier molecular flexibility index (Phi) is 4.05. The molecule has 5 heteroatoms. The third kappa shape index (κ3) is 2.46. The van der Waals surface area contributed by atoms with E-state index in [2.05, 4.69) is 4.74 Å². The van der Waals surface area contributed by atoms with Gasteiger partial charge in [0.25, 0.3) is 0 Å². The molecule has 1 atom stereocenters. The molecule has 11 heavy (non-hydrogen) atoms. The Labute approximate surface area is 63.5 Å². The molecular formula is C6H8NO4. The van der Waals surface area contributed by atoms with Crippen molar-refractivity contribution in [1.29, 1.82) is 0 Å². The molecular weight excluding hydrogens is 150 g/mol. The fourth-order valence-corrected chi connectivity index (χ4v) is 0.481. The lowest BCUT2D eigenvalue weighted by Crippen LogP contribution is -2.31. The standard InChI is InChI=1S/C6H8NO4/c1-11-6(10)4(3-8)5(9)2-7/h4H,2,7H2,1H3. The number of carbonyl (C=O) groups excluding carboxylic acids is 3. The third-order valence-electron chi connectivity index (χ3n) is 1.08. The van der Waals surface area contributed by atoms with E-state index in [4.69, 9.17) is 5.73 Å². The molecule has 2 N–H and O–H groups in total. The third-order valence-corrected chi connectivity index (χ3v) is 1.08. The first-order chi connectivity index (χ1) is 5.17. The van der Waals surface area contributed by atoms with E-state index in [1.807, 2.05) is 0 Å². The minimum Gasteiger partial charge on any atom is -0.468 e. The van der Waals surface area contributed by atoms with Crippen LogP contribution < -0.4 is 5.73 Å². The number of methoxy groups -OCH3 is 1. The molecule has 0 amide bonds. The first kappa shape index (κ1) is 9.77. The molecule has 0 aromatic heterocycles. The van der Waals surface area contributed by atoms with Gasteiger partial charge in [-0.3, -0.25) is 14.4 Å². The van der Waals surface area contributed by atoms with Crippen molar-refractivity contribution in [2.45, 2.75) is 0 Å². The molecule has 0 aromatic carbocycles. The number of Topliss-reactive ketones (excluding diaryl/α,β-unsaturated/α-hetero) is 1. The quantitative estimate of drug-likeness (QED) is 0.394. The molecule has 0 rings (SSSR count). The van der Waals surface area contributed by atoms with Gasteiger partial charge in [0, 0.05) is 0 Å². The van der Waals surface area contributed by atoms with Gasteiger partial charge in [-0.15, -0.1) is 0 Å². The maximum absolute atomic E-state index is 10.7. The molecule has 0 aliphatic rings. The van der Waals surface area contributed by atoms with E-state index < -0.39 is 17.7 Å². The second-order valence-corrected chi connectivity index (χ2v) is 1.74. The van der Waals surface area contributed by atoms with Gasteiger partial charge >= 0.3 is 5.97 Å². The van der Waals surface area contributed by atoms with Crippen molar-refractivity contribution in [2.75, 3.05) is 13.7 Å². The van der Waals surface area contributed by atoms with E-state index in [1.54, 1.807) is 0 Å². The van der Waals surface area contributed by atoms with Crippen LogP contribution in [0.1, 0.15) is 0 Å². The molecule has 0 heterocycles. The number of ether oxygens (including phenoxy) is 1. The molecule has 0 aliphatic carbocycles. The summed E-state index contributed by atoms with van der Waals surface area (Å²) >= 11 is 0. The van der Waals surface area contributed by atoms with Crippen LogP contribution in [0.2, 0.25) is 0 Å². The second kappa shape index (κ2) is 4.56. The highest BCUT2D eigenvalue weighted by atomic mass is 16.5. The van der Waals surface area contributed by atoms with Gasteiger partial charge in [-0.2, -0.15) is 0 Å². The number of carbonyl (C=O) groups is 2. The summed E-state index contributed by atoms with van der Waals surface area (Å²) in [6.07, 6.45) is 1.25. The van der Waals surface area contributed by atoms with Gasteiger partial charge < -0.3 is 10.5 Å². The Balaban J connectivity index is 4.27. The zero-order valence-corrected chi connectivity index (χ0v) is 5.99. The van der Waals surface area contributed by atoms with Crippen molar-refractivity contribution >= 4 is 18.0 Å². The number of esters is 1. The number of hydrogen-bond acceptors (Lipinski definition) is 5. The molecule has 0 saturated heterocycles. The SMILES string of the molecule is COC(=O)C([C]=O)C(=O)CN. The summed E-state index contributed by atoms with van der Waals surface area (Å²) in [6, 6.07) is 0. The normalized spacial score (nSPS) is 11.8. The monoisotopic (exact) mass is 158 g/mol. The molecule has 5 nitrogen and oxygen atoms in total. The van der Waals surface area contributed by atoms with Crippen molar-refractivity contribution < 1.29 is 19.1 Å². The smallest absolute Gasteiger partial charge is 0.324 e. The number of hydrogen-bond donors (Lipinski definition) is 1. The molecule has 0 aromatic rings. The first-order valence-corrected chi connectivity index (χ1v) is 2.85. The van der Waals surface area contributed by atoms with Crippen LogP contribution in [0.25, 0.3) is 0 Å². The van der Waals surface area contributed by atoms with Crippen LogP contribution in [0.3, 0.4) is 0 Å². The van der Waals surface area contributed by atoms with Gasteiger partial charge in [-0.05, 0) is 0 Å². The highest BCUT2D eigenvalue weighted by molar-refractivity contribution is 6.11. The summed E-state index contributed by atoms with van der Waals surface area (Å²) in [6.45, 7) is -0.366. The Bertz CT molecular complexity index is 161. The largest absolute Gasteiger partial charge is 0.468 e. The topological polar surface area (TPSA) is 86.5 Å². The van der Waals surface area contributed by atoms with Crippen molar-refractivity contribution in [3.05, 3.63) is 0 Å². The predicted octanol–water partition coefficient (Wildman–Crippen LogP) is -1.59. The maximum atomic E-state index is 10.7. The Morgan fingerprint density at radius 1 is 1.64 bits per heavy atom. The van der Waals surface area contributed by atoms with E-state index in [1.165, 1.54) is 6.29 Å². The fourth-order valence-electron chi connectivity index (χ4n) is 0.481. The van der Waals surface area contributed by atoms with Crippen LogP contribution in [-0.2, 0) is 19.1 Å². The summed E-state index contributed by atoms with van der Waals surface area (Å²) in [5.41, 5.74) is 4.90. The van der Waals surface area contributed by atoms with E-state index in [0.29, 0.717) is 0 Å². The molecule has 0 spiro atoms. The molecule has 0 aliphatic heterocycles. The molecule has 61 valence electrons. The minimum atomic E-state index is -1.48. The lowest BCUT2D eigenvalue weighted by Gasteiger charge is -2.02. The lowest BCUT2D eigenvalue weighted by molar-refractivity contribution is -0.146. The molecule has 1 unspecified atom stereocenters. The number of nitrogens with two attached hydrogens (primary N) is 1. The lowest BCUT2D eigenvalue weighted by atomic mass is 10.1. The summed E-state index contributed by atoms with van der Waals surface area (Å²) in [5.74, 6) is -3.09. The van der Waals surface area contributed by atoms with Crippen LogP contribution in [0.15, 0.2) is 0 Å². The van der Waals surface area contributed by atoms with Gasteiger partial charge in [0.15, 0.2) is 11.7 Å². The van der Waals surface area contributed by atoms with Crippen LogP contribution in [0.5, 0.6) is 0 Å². The zero-order valence-electron chi connectivity index (χ0n) is 5.99. The average molecular weight is 158 g/mol. The van der Waals surface area contributed by atoms with E-state index in [0.717, 1.165) is 7.11 Å². The highest BCUT2D eigenvalue weighted by Gasteiger charge is 2.26. The van der Waals surface area contributed by atoms with Crippen LogP contribution >= 0.6 is 0 Å². The number of ketones is 1. The highest BCUT2D eigenvalue weighted by Crippen LogP contribution is 1.95. The number of rotatable bonds is 4. The van der Waals surface area contributed by atoms with E-state index in [9.17, 15) is 14.4 Å². The van der Waals surface area contributed by atoms with Crippen LogP contribution in [0.4, 0.5) is 0 Å². The molecule has 0 saturated carbocycles. The maximum Gasteiger partial charge on any atom is 0.324 e. The zero-order chi connectivity index (χ0) is 8.85. The Morgan fingerprint density at radius 2 is 2.18 bits per heavy atom. The van der Waals surface area contributed by atoms with E-state index >= 15 is 0 Å². The first-order valence-electron chi connectivity index (χ1n) is 2.85. The molecule has 0 bridgehead atoms. The summed E-state index contributed by atoms with van der Waals surface area (Å²) in [7, 11) is 1.08. The molecule has 0 fully saturated rings. The summed E-state index contributed by atoms with van der Waals surface area (Å²) in [5, 5.41) is 0. The van der Waals surface area contributed by atoms with Gasteiger partial charge in [-0.1, -0.05) is 0 Å². The van der Waals surface area contributed by atoms with Crippen molar-refractivity contribution in [3.8, 4) is 0 Å². The minimum absolute atomic E-state index is 0.366. The van der Waals surface area contributed by atoms with Gasteiger partial charge in [0.2, 0.25) is 6.29 Å². The van der Waals surface area contributed by atoms with Crippen LogP contribution in [0, 0.1) is 5.92 Å².